The van der Waals surface area contributed by atoms with Crippen molar-refractivity contribution in [2.45, 2.75) is 77.8 Å². The third-order valence-corrected chi connectivity index (χ3v) is 11.3. The summed E-state index contributed by atoms with van der Waals surface area (Å²) in [5, 5.41) is 15.4. The number of Topliss-reactive ketones (excluding diaryl/α,β-unsaturated/α-hetero) is 1. The van der Waals surface area contributed by atoms with Crippen molar-refractivity contribution in [2.75, 3.05) is 13.2 Å². The van der Waals surface area contributed by atoms with Crippen LogP contribution in [0.3, 0.4) is 0 Å². The Hall–Kier alpha value is -5.54. The van der Waals surface area contributed by atoms with Gasteiger partial charge >= 0.3 is 0 Å². The van der Waals surface area contributed by atoms with E-state index in [4.69, 9.17) is 22.7 Å². The van der Waals surface area contributed by atoms with Crippen molar-refractivity contribution in [1.29, 1.82) is 0 Å². The molecule has 7 rings (SSSR count). The second-order valence-electron chi connectivity index (χ2n) is 13.5. The highest BCUT2D eigenvalue weighted by atomic mass is 35.5. The smallest absolute Gasteiger partial charge is 0.266 e. The number of halogens is 1. The summed E-state index contributed by atoms with van der Waals surface area (Å²) in [6.07, 6.45) is 1.53. The number of imide groups is 2. The minimum Gasteiger partial charge on any atom is -0.485 e. The van der Waals surface area contributed by atoms with Gasteiger partial charge in [-0.15, -0.1) is 21.5 Å². The minimum atomic E-state index is -2.29. The van der Waals surface area contributed by atoms with Crippen LogP contribution in [0, 0.1) is 20.8 Å². The second-order valence-corrected chi connectivity index (χ2v) is 15.2. The summed E-state index contributed by atoms with van der Waals surface area (Å²) in [6.45, 7) is 6.06. The molecule has 2 aromatic carbocycles. The number of nitrogens with zero attached hydrogens (tertiary/aromatic N) is 5. The van der Waals surface area contributed by atoms with Gasteiger partial charge in [0.1, 0.15) is 35.2 Å². The molecule has 1 unspecified atom stereocenters. The maximum absolute atomic E-state index is 13.4. The molecule has 284 valence electrons. The largest absolute Gasteiger partial charge is 0.485 e. The first-order valence-electron chi connectivity index (χ1n) is 18.4. The van der Waals surface area contributed by atoms with Crippen LogP contribution in [0.2, 0.25) is 5.02 Å². The first kappa shape index (κ1) is 36.4. The number of carbonyl (C=O) groups excluding carboxylic acids is 6. The highest BCUT2D eigenvalue weighted by molar-refractivity contribution is 7.15. The predicted octanol–water partition coefficient (Wildman–Crippen LogP) is 4.92. The van der Waals surface area contributed by atoms with Crippen LogP contribution < -0.4 is 15.4 Å². The summed E-state index contributed by atoms with van der Waals surface area (Å²) in [5.41, 5.74) is 3.55. The molecule has 0 aliphatic carbocycles. The number of amides is 5. The summed E-state index contributed by atoms with van der Waals surface area (Å²) in [7, 11) is 0. The molecule has 0 saturated carbocycles. The van der Waals surface area contributed by atoms with Crippen molar-refractivity contribution < 1.29 is 34.9 Å². The van der Waals surface area contributed by atoms with Crippen molar-refractivity contribution in [2.24, 2.45) is 4.99 Å². The molecule has 0 bridgehead atoms. The number of aliphatic imine (C=N–C) groups is 1. The molecule has 2 atom stereocenters. The highest BCUT2D eigenvalue weighted by Crippen LogP contribution is 2.40. The molecule has 4 aromatic rings. The van der Waals surface area contributed by atoms with Crippen LogP contribution in [-0.4, -0.2) is 79.9 Å². The first-order chi connectivity index (χ1) is 26.8. The highest BCUT2D eigenvalue weighted by Gasteiger charge is 2.46. The lowest BCUT2D eigenvalue weighted by Gasteiger charge is -2.27. The van der Waals surface area contributed by atoms with Gasteiger partial charge in [0, 0.05) is 40.4 Å². The van der Waals surface area contributed by atoms with Gasteiger partial charge in [0.2, 0.25) is 17.7 Å². The Bertz CT molecular complexity index is 2340. The molecule has 0 radical (unpaired) electrons. The number of aryl methyl sites for hydroxylation is 2. The zero-order valence-electron chi connectivity index (χ0n) is 31.4. The number of nitrogens with one attached hydrogen (secondary N) is 2. The summed E-state index contributed by atoms with van der Waals surface area (Å²) in [4.78, 5) is 83.5. The molecule has 2 N–H and O–H groups in total. The molecular formula is C39H38ClN7O7S. The van der Waals surface area contributed by atoms with Gasteiger partial charge in [-0.2, -0.15) is 0 Å². The fourth-order valence-electron chi connectivity index (χ4n) is 6.90. The third kappa shape index (κ3) is 7.45. The lowest BCUT2D eigenvalue weighted by Crippen LogP contribution is -2.54. The van der Waals surface area contributed by atoms with Gasteiger partial charge in [-0.25, -0.2) is 0 Å². The minimum absolute atomic E-state index is 0.0112. The Morgan fingerprint density at radius 2 is 1.80 bits per heavy atom. The lowest BCUT2D eigenvalue weighted by atomic mass is 9.99. The number of thiophene rings is 1. The molecule has 5 heterocycles. The third-order valence-electron chi connectivity index (χ3n) is 9.83. The monoisotopic (exact) mass is 784 g/mol. The van der Waals surface area contributed by atoms with Crippen molar-refractivity contribution in [3.8, 4) is 10.8 Å². The van der Waals surface area contributed by atoms with Crippen molar-refractivity contribution in [3.05, 3.63) is 91.8 Å². The number of hydrogen-bond acceptors (Lipinski definition) is 11. The fraction of sp³-hybridized carbons (Fsp3) is 0.359. The molecule has 14 nitrogen and oxygen atoms in total. The standard InChI is InChI=1S/C39H38ClN7O7S/c1-20-21(2)55-39-32(20)34(23-11-13-24(40)14-12-23)42-27(35-45-44-22(3)46(35)39)18-31(50)41-17-6-4-5-8-25(48)19-54-29-10-7-9-26-33(29)38(53)47(37(26)52)28-15-16-30(49)43-36(28)51/h7,9-14,27-28H,4-6,8,15-19H2,1-3H3,(H,41,50)(H,43,49,51)/t27-,28?/m0/s1/i28D. The van der Waals surface area contributed by atoms with E-state index < -0.39 is 35.7 Å². The van der Waals surface area contributed by atoms with E-state index in [1.165, 1.54) is 18.2 Å². The van der Waals surface area contributed by atoms with E-state index in [2.05, 4.69) is 29.4 Å². The molecule has 0 spiro atoms. The number of fused-ring (bicyclic) bond motifs is 4. The van der Waals surface area contributed by atoms with E-state index in [0.717, 1.165) is 32.3 Å². The number of ether oxygens (including phenoxy) is 1. The van der Waals surface area contributed by atoms with Crippen LogP contribution >= 0.6 is 22.9 Å². The SMILES string of the molecule is [2H]C1(N2C(=O)c3cccc(OCC(=O)CCCCCNC(=O)C[C@@H]4N=C(c5ccc(Cl)cc5)c5c(sc(C)c5C)-n5c(C)nnc54)c3C2=O)CCC(=O)NC1=O. The van der Waals surface area contributed by atoms with E-state index in [9.17, 15) is 28.8 Å². The fourth-order valence-corrected chi connectivity index (χ4v) is 8.24. The number of hydrogen-bond donors (Lipinski definition) is 2. The quantitative estimate of drug-likeness (QED) is 0.141. The van der Waals surface area contributed by atoms with E-state index in [1.807, 2.05) is 41.1 Å². The summed E-state index contributed by atoms with van der Waals surface area (Å²) < 4.78 is 16.3. The number of carbonyl (C=O) groups is 6. The number of piperidine rings is 1. The van der Waals surface area contributed by atoms with E-state index in [0.29, 0.717) is 47.4 Å². The summed E-state index contributed by atoms with van der Waals surface area (Å²) in [5.74, 6) is -2.54. The van der Waals surface area contributed by atoms with Gasteiger partial charge in [0.25, 0.3) is 11.8 Å². The van der Waals surface area contributed by atoms with Gasteiger partial charge in [0.05, 0.1) is 24.6 Å². The van der Waals surface area contributed by atoms with Crippen LogP contribution in [0.25, 0.3) is 5.00 Å². The summed E-state index contributed by atoms with van der Waals surface area (Å²) in [6, 6.07) is 8.92. The molecule has 5 amide bonds. The van der Waals surface area contributed by atoms with E-state index in [-0.39, 0.29) is 60.9 Å². The molecule has 3 aliphatic heterocycles. The molecule has 55 heavy (non-hydrogen) atoms. The Morgan fingerprint density at radius 3 is 2.56 bits per heavy atom. The maximum Gasteiger partial charge on any atom is 0.266 e. The van der Waals surface area contributed by atoms with Crippen LogP contribution in [-0.2, 0) is 19.2 Å². The second kappa shape index (κ2) is 15.7. The normalized spacial score (nSPS) is 19.2. The van der Waals surface area contributed by atoms with Crippen LogP contribution in [0.4, 0.5) is 0 Å². The van der Waals surface area contributed by atoms with E-state index in [1.54, 1.807) is 11.3 Å². The summed E-state index contributed by atoms with van der Waals surface area (Å²) >= 11 is 7.85. The van der Waals surface area contributed by atoms with Gasteiger partial charge in [-0.3, -0.25) is 48.5 Å². The number of ketones is 1. The number of unbranched alkanes of at least 4 members (excludes halogenated alkanes) is 2. The topological polar surface area (TPSA) is 182 Å². The Balaban J connectivity index is 0.912. The zero-order valence-corrected chi connectivity index (χ0v) is 31.9. The number of rotatable bonds is 13. The van der Waals surface area contributed by atoms with Crippen molar-refractivity contribution >= 4 is 64.0 Å². The van der Waals surface area contributed by atoms with Crippen LogP contribution in [0.1, 0.15) is 106 Å². The lowest BCUT2D eigenvalue weighted by molar-refractivity contribution is -0.136. The maximum atomic E-state index is 13.4. The Morgan fingerprint density at radius 1 is 1.02 bits per heavy atom. The first-order valence-corrected chi connectivity index (χ1v) is 19.1. The predicted molar refractivity (Wildman–Crippen MR) is 203 cm³/mol. The molecule has 2 aromatic heterocycles. The molecule has 1 fully saturated rings. The number of aromatic nitrogens is 3. The van der Waals surface area contributed by atoms with Gasteiger partial charge in [-0.1, -0.05) is 36.2 Å². The average molecular weight is 785 g/mol. The zero-order chi connectivity index (χ0) is 39.9. The van der Waals surface area contributed by atoms with Gasteiger partial charge in [0.15, 0.2) is 11.6 Å². The Kier molecular flexibility index (Phi) is 10.4. The van der Waals surface area contributed by atoms with Gasteiger partial charge < -0.3 is 10.1 Å². The van der Waals surface area contributed by atoms with E-state index >= 15 is 0 Å². The van der Waals surface area contributed by atoms with Crippen molar-refractivity contribution in [1.82, 2.24) is 30.3 Å². The number of benzene rings is 2. The Labute approximate surface area is 326 Å². The molecular weight excluding hydrogens is 746 g/mol. The van der Waals surface area contributed by atoms with Gasteiger partial charge in [-0.05, 0) is 69.9 Å². The molecule has 16 heteroatoms. The molecule has 1 saturated heterocycles. The average Bonchev–Trinajstić information content (AvgIpc) is 3.75. The molecule has 3 aliphatic rings. The van der Waals surface area contributed by atoms with Crippen LogP contribution in [0.5, 0.6) is 5.75 Å². The van der Waals surface area contributed by atoms with Crippen molar-refractivity contribution in [3.63, 3.8) is 0 Å². The van der Waals surface area contributed by atoms with Crippen LogP contribution in [0.15, 0.2) is 47.5 Å².